The third-order valence-electron chi connectivity index (χ3n) is 2.06. The number of rotatable bonds is 5. The van der Waals surface area contributed by atoms with Gasteiger partial charge in [-0.05, 0) is 34.9 Å². The van der Waals surface area contributed by atoms with E-state index in [1.807, 2.05) is 30.5 Å². The molecule has 0 fully saturated rings. The molecule has 6 nitrogen and oxygen atoms in total. The van der Waals surface area contributed by atoms with Crippen LogP contribution < -0.4 is 0 Å². The van der Waals surface area contributed by atoms with E-state index >= 15 is 0 Å². The van der Waals surface area contributed by atoms with Crippen LogP contribution in [-0.2, 0) is 4.79 Å². The highest BCUT2D eigenvalue weighted by atomic mass is 32.2. The molecule has 0 unspecified atom stereocenters. The molecule has 0 aliphatic heterocycles. The highest BCUT2D eigenvalue weighted by molar-refractivity contribution is 7.99. The summed E-state index contributed by atoms with van der Waals surface area (Å²) in [5.74, 6) is -0.963. The van der Waals surface area contributed by atoms with Gasteiger partial charge in [-0.1, -0.05) is 17.8 Å². The summed E-state index contributed by atoms with van der Waals surface area (Å²) < 4.78 is 1.54. The van der Waals surface area contributed by atoms with Crippen LogP contribution in [0.1, 0.15) is 0 Å². The number of tetrazole rings is 1. The summed E-state index contributed by atoms with van der Waals surface area (Å²) >= 11 is 2.71. The first-order chi connectivity index (χ1) is 8.70. The molecule has 0 aliphatic carbocycles. The molecule has 2 aromatic rings. The van der Waals surface area contributed by atoms with Crippen molar-refractivity contribution in [3.8, 4) is 5.69 Å². The van der Waals surface area contributed by atoms with Crippen LogP contribution in [0.15, 0.2) is 34.3 Å². The van der Waals surface area contributed by atoms with Crippen LogP contribution in [0.3, 0.4) is 0 Å². The van der Waals surface area contributed by atoms with Crippen LogP contribution in [0.2, 0.25) is 0 Å². The maximum Gasteiger partial charge on any atom is 0.313 e. The van der Waals surface area contributed by atoms with Gasteiger partial charge in [-0.3, -0.25) is 4.79 Å². The first-order valence-electron chi connectivity index (χ1n) is 4.98. The normalized spacial score (nSPS) is 10.5. The van der Waals surface area contributed by atoms with Crippen LogP contribution in [0.25, 0.3) is 5.69 Å². The van der Waals surface area contributed by atoms with Gasteiger partial charge < -0.3 is 5.11 Å². The van der Waals surface area contributed by atoms with Gasteiger partial charge in [-0.15, -0.1) is 16.9 Å². The van der Waals surface area contributed by atoms with Gasteiger partial charge in [0.25, 0.3) is 0 Å². The van der Waals surface area contributed by atoms with Gasteiger partial charge in [-0.25, -0.2) is 0 Å². The fourth-order valence-electron chi connectivity index (χ4n) is 1.30. The maximum absolute atomic E-state index is 10.5. The van der Waals surface area contributed by atoms with Crippen molar-refractivity contribution in [1.82, 2.24) is 20.2 Å². The van der Waals surface area contributed by atoms with E-state index in [9.17, 15) is 4.79 Å². The van der Waals surface area contributed by atoms with Crippen LogP contribution in [0, 0.1) is 0 Å². The van der Waals surface area contributed by atoms with E-state index in [-0.39, 0.29) is 5.75 Å². The Kier molecular flexibility index (Phi) is 4.21. The van der Waals surface area contributed by atoms with E-state index in [0.29, 0.717) is 5.16 Å². The predicted octanol–water partition coefficient (Wildman–Crippen LogP) is 1.56. The summed E-state index contributed by atoms with van der Waals surface area (Å²) in [5.41, 5.74) is 0.819. The number of aromatic nitrogens is 4. The molecular weight excluding hydrogens is 272 g/mol. The fraction of sp³-hybridized carbons (Fsp3) is 0.200. The molecule has 0 saturated heterocycles. The second kappa shape index (κ2) is 5.87. The first kappa shape index (κ1) is 12.9. The summed E-state index contributed by atoms with van der Waals surface area (Å²) in [4.78, 5) is 11.6. The number of aliphatic carboxylic acids is 1. The Morgan fingerprint density at radius 2 is 2.33 bits per heavy atom. The van der Waals surface area contributed by atoms with Crippen molar-refractivity contribution in [3.05, 3.63) is 24.3 Å². The third kappa shape index (κ3) is 3.02. The lowest BCUT2D eigenvalue weighted by molar-refractivity contribution is -0.133. The average Bonchev–Trinajstić information content (AvgIpc) is 2.84. The molecule has 0 atom stereocenters. The van der Waals surface area contributed by atoms with Gasteiger partial charge in [0.05, 0.1) is 11.4 Å². The zero-order valence-electron chi connectivity index (χ0n) is 9.48. The second-order valence-electron chi connectivity index (χ2n) is 3.26. The predicted molar refractivity (Wildman–Crippen MR) is 69.3 cm³/mol. The molecule has 0 radical (unpaired) electrons. The number of hydrogen-bond donors (Lipinski definition) is 1. The van der Waals surface area contributed by atoms with E-state index < -0.39 is 5.97 Å². The minimum absolute atomic E-state index is 0.0669. The number of benzene rings is 1. The molecule has 0 aliphatic rings. The summed E-state index contributed by atoms with van der Waals surface area (Å²) in [6, 6.07) is 7.73. The summed E-state index contributed by atoms with van der Waals surface area (Å²) in [6.45, 7) is 0. The van der Waals surface area contributed by atoms with Crippen LogP contribution in [-0.4, -0.2) is 43.3 Å². The van der Waals surface area contributed by atoms with E-state index in [0.717, 1.165) is 22.3 Å². The van der Waals surface area contributed by atoms with Crippen molar-refractivity contribution < 1.29 is 9.90 Å². The van der Waals surface area contributed by atoms with E-state index in [2.05, 4.69) is 15.5 Å². The van der Waals surface area contributed by atoms with Crippen LogP contribution in [0.5, 0.6) is 0 Å². The lowest BCUT2D eigenvalue weighted by Crippen LogP contribution is -2.03. The van der Waals surface area contributed by atoms with Gasteiger partial charge in [0.2, 0.25) is 5.16 Å². The second-order valence-corrected chi connectivity index (χ2v) is 5.08. The third-order valence-corrected chi connectivity index (χ3v) is 3.69. The Hall–Kier alpha value is -1.54. The molecule has 0 amide bonds. The number of carboxylic acid groups (broad SMARTS) is 1. The quantitative estimate of drug-likeness (QED) is 0.833. The zero-order chi connectivity index (χ0) is 13.0. The number of carbonyl (C=O) groups is 1. The number of carboxylic acids is 1. The van der Waals surface area contributed by atoms with Crippen molar-refractivity contribution in [2.75, 3.05) is 12.0 Å². The smallest absolute Gasteiger partial charge is 0.313 e. The molecule has 0 spiro atoms. The van der Waals surface area contributed by atoms with Crippen LogP contribution in [0.4, 0.5) is 0 Å². The highest BCUT2D eigenvalue weighted by Gasteiger charge is 2.10. The van der Waals surface area contributed by atoms with Crippen molar-refractivity contribution in [2.45, 2.75) is 10.1 Å². The molecule has 1 aromatic carbocycles. The van der Waals surface area contributed by atoms with Gasteiger partial charge in [-0.2, -0.15) is 4.68 Å². The van der Waals surface area contributed by atoms with E-state index in [4.69, 9.17) is 5.11 Å². The molecule has 0 saturated carbocycles. The molecule has 8 heteroatoms. The zero-order valence-corrected chi connectivity index (χ0v) is 11.1. The van der Waals surface area contributed by atoms with Crippen molar-refractivity contribution in [2.24, 2.45) is 0 Å². The SMILES string of the molecule is CSc1cccc(-n2nnnc2SCC(=O)O)c1. The van der Waals surface area contributed by atoms with Crippen molar-refractivity contribution in [1.29, 1.82) is 0 Å². The molecule has 1 heterocycles. The summed E-state index contributed by atoms with van der Waals surface area (Å²) in [5, 5.41) is 20.4. The Morgan fingerprint density at radius 3 is 3.06 bits per heavy atom. The Balaban J connectivity index is 2.27. The lowest BCUT2D eigenvalue weighted by atomic mass is 10.3. The van der Waals surface area contributed by atoms with Crippen molar-refractivity contribution in [3.63, 3.8) is 0 Å². The Labute approximate surface area is 112 Å². The van der Waals surface area contributed by atoms with Gasteiger partial charge >= 0.3 is 5.97 Å². The molecular formula is C10H10N4O2S2. The van der Waals surface area contributed by atoms with Gasteiger partial charge in [0.15, 0.2) is 0 Å². The number of thioether (sulfide) groups is 2. The summed E-state index contributed by atoms with van der Waals surface area (Å²) in [7, 11) is 0. The highest BCUT2D eigenvalue weighted by Crippen LogP contribution is 2.21. The molecule has 0 bridgehead atoms. The molecule has 1 N–H and O–H groups in total. The maximum atomic E-state index is 10.5. The topological polar surface area (TPSA) is 80.9 Å². The number of nitrogens with zero attached hydrogens (tertiary/aromatic N) is 4. The average molecular weight is 282 g/mol. The van der Waals surface area contributed by atoms with Crippen molar-refractivity contribution >= 4 is 29.5 Å². The number of hydrogen-bond acceptors (Lipinski definition) is 6. The fourth-order valence-corrected chi connectivity index (χ4v) is 2.36. The standard InChI is InChI=1S/C10H10N4O2S2/c1-17-8-4-2-3-7(5-8)14-10(11-12-13-14)18-6-9(15)16/h2-5H,6H2,1H3,(H,15,16). The molecule has 1 aromatic heterocycles. The molecule has 2 rings (SSSR count). The van der Waals surface area contributed by atoms with E-state index in [1.54, 1.807) is 11.8 Å². The Bertz CT molecular complexity index is 558. The Morgan fingerprint density at radius 1 is 1.50 bits per heavy atom. The van der Waals surface area contributed by atoms with Gasteiger partial charge in [0.1, 0.15) is 0 Å². The lowest BCUT2D eigenvalue weighted by Gasteiger charge is -2.04. The minimum Gasteiger partial charge on any atom is -0.481 e. The van der Waals surface area contributed by atoms with Crippen LogP contribution >= 0.6 is 23.5 Å². The monoisotopic (exact) mass is 282 g/mol. The molecule has 18 heavy (non-hydrogen) atoms. The first-order valence-corrected chi connectivity index (χ1v) is 7.19. The largest absolute Gasteiger partial charge is 0.481 e. The molecule has 94 valence electrons. The summed E-state index contributed by atoms with van der Waals surface area (Å²) in [6.07, 6.45) is 1.98. The minimum atomic E-state index is -0.896. The van der Waals surface area contributed by atoms with Gasteiger partial charge in [0, 0.05) is 4.90 Å². The van der Waals surface area contributed by atoms with E-state index in [1.165, 1.54) is 4.68 Å².